The molecule has 1 aromatic rings. The number of nitrogens with one attached hydrogen (secondary N) is 1. The fraction of sp³-hybridized carbons (Fsp3) is 0.667. The maximum absolute atomic E-state index is 4.34. The molecule has 2 heterocycles. The summed E-state index contributed by atoms with van der Waals surface area (Å²) in [6.07, 6.45) is 2.57. The minimum absolute atomic E-state index is 1.06. The summed E-state index contributed by atoms with van der Waals surface area (Å²) in [6, 6.07) is 2.07. The Balaban J connectivity index is 2.03. The van der Waals surface area contributed by atoms with Gasteiger partial charge in [-0.25, -0.2) is 10.5 Å². The Morgan fingerprint density at radius 3 is 2.54 bits per heavy atom. The highest BCUT2D eigenvalue weighted by Crippen LogP contribution is 2.06. The third kappa shape index (κ3) is 1.83. The van der Waals surface area contributed by atoms with E-state index in [9.17, 15) is 0 Å². The minimum Gasteiger partial charge on any atom is -0.240 e. The zero-order valence-electron chi connectivity index (χ0n) is 8.25. The first kappa shape index (κ1) is 8.56. The van der Waals surface area contributed by atoms with Crippen LogP contribution in [0.5, 0.6) is 0 Å². The first-order valence-electron chi connectivity index (χ1n) is 4.80. The summed E-state index contributed by atoms with van der Waals surface area (Å²) in [6.45, 7) is 6.31. The lowest BCUT2D eigenvalue weighted by atomic mass is 10.4. The SMILES string of the molecule is Cc1cc(C)n(NN2CCCC2)n1. The van der Waals surface area contributed by atoms with Gasteiger partial charge in [-0.05, 0) is 32.8 Å². The maximum atomic E-state index is 4.34. The van der Waals surface area contributed by atoms with Gasteiger partial charge in [0.15, 0.2) is 0 Å². The molecule has 72 valence electrons. The summed E-state index contributed by atoms with van der Waals surface area (Å²) < 4.78 is 0. The standard InChI is InChI=1S/C9H16N4/c1-8-7-9(2)13(10-8)11-12-5-3-4-6-12/h7,11H,3-6H2,1-2H3. The smallest absolute Gasteiger partial charge is 0.0618 e. The largest absolute Gasteiger partial charge is 0.240 e. The average molecular weight is 180 g/mol. The van der Waals surface area contributed by atoms with E-state index in [0.717, 1.165) is 24.5 Å². The van der Waals surface area contributed by atoms with Crippen LogP contribution in [-0.4, -0.2) is 28.0 Å². The Bertz CT molecular complexity index is 286. The van der Waals surface area contributed by atoms with Gasteiger partial charge in [-0.1, -0.05) is 0 Å². The third-order valence-electron chi connectivity index (χ3n) is 2.35. The van der Waals surface area contributed by atoms with Crippen molar-refractivity contribution in [2.24, 2.45) is 0 Å². The number of hydrogen-bond acceptors (Lipinski definition) is 3. The van der Waals surface area contributed by atoms with Crippen LogP contribution in [0.15, 0.2) is 6.07 Å². The molecule has 0 saturated carbocycles. The summed E-state index contributed by atoms with van der Waals surface area (Å²) in [5.41, 5.74) is 5.49. The van der Waals surface area contributed by atoms with Crippen LogP contribution in [0, 0.1) is 13.8 Å². The second-order valence-corrected chi connectivity index (χ2v) is 3.63. The fourth-order valence-corrected chi connectivity index (χ4v) is 1.68. The Hall–Kier alpha value is -1.03. The highest BCUT2D eigenvalue weighted by Gasteiger charge is 2.11. The molecule has 4 nitrogen and oxygen atoms in total. The van der Waals surface area contributed by atoms with Gasteiger partial charge in [-0.3, -0.25) is 0 Å². The zero-order chi connectivity index (χ0) is 9.26. The van der Waals surface area contributed by atoms with Gasteiger partial charge in [0.05, 0.1) is 11.4 Å². The second-order valence-electron chi connectivity index (χ2n) is 3.63. The van der Waals surface area contributed by atoms with Crippen LogP contribution in [-0.2, 0) is 0 Å². The van der Waals surface area contributed by atoms with Gasteiger partial charge in [0.1, 0.15) is 0 Å². The van der Waals surface area contributed by atoms with Crippen molar-refractivity contribution < 1.29 is 0 Å². The van der Waals surface area contributed by atoms with Crippen LogP contribution in [0.2, 0.25) is 0 Å². The topological polar surface area (TPSA) is 33.1 Å². The lowest BCUT2D eigenvalue weighted by Crippen LogP contribution is -2.34. The zero-order valence-corrected chi connectivity index (χ0v) is 8.25. The van der Waals surface area contributed by atoms with Crippen molar-refractivity contribution in [2.45, 2.75) is 26.7 Å². The van der Waals surface area contributed by atoms with Crippen LogP contribution in [0.4, 0.5) is 0 Å². The molecular formula is C9H16N4. The summed E-state index contributed by atoms with van der Waals surface area (Å²) in [5, 5.41) is 6.55. The van der Waals surface area contributed by atoms with E-state index < -0.39 is 0 Å². The summed E-state index contributed by atoms with van der Waals surface area (Å²) in [7, 11) is 0. The van der Waals surface area contributed by atoms with Crippen molar-refractivity contribution in [3.8, 4) is 0 Å². The van der Waals surface area contributed by atoms with Gasteiger partial charge >= 0.3 is 0 Å². The van der Waals surface area contributed by atoms with Crippen molar-refractivity contribution in [3.63, 3.8) is 0 Å². The fourth-order valence-electron chi connectivity index (χ4n) is 1.68. The van der Waals surface area contributed by atoms with E-state index in [1.54, 1.807) is 0 Å². The molecule has 13 heavy (non-hydrogen) atoms. The van der Waals surface area contributed by atoms with Crippen molar-refractivity contribution in [3.05, 3.63) is 17.5 Å². The molecule has 0 amide bonds. The van der Waals surface area contributed by atoms with Crippen LogP contribution in [0.1, 0.15) is 24.2 Å². The Labute approximate surface area is 78.5 Å². The summed E-state index contributed by atoms with van der Waals surface area (Å²) >= 11 is 0. The number of rotatable bonds is 2. The van der Waals surface area contributed by atoms with Gasteiger partial charge in [-0.15, -0.1) is 0 Å². The van der Waals surface area contributed by atoms with E-state index in [4.69, 9.17) is 0 Å². The van der Waals surface area contributed by atoms with Crippen molar-refractivity contribution >= 4 is 0 Å². The normalized spacial score (nSPS) is 18.0. The molecule has 1 aliphatic rings. The number of hydrogen-bond donors (Lipinski definition) is 1. The molecule has 1 aliphatic heterocycles. The van der Waals surface area contributed by atoms with E-state index in [2.05, 4.69) is 28.6 Å². The lowest BCUT2D eigenvalue weighted by Gasteiger charge is -2.18. The lowest BCUT2D eigenvalue weighted by molar-refractivity contribution is 0.340. The van der Waals surface area contributed by atoms with Gasteiger partial charge in [0, 0.05) is 13.1 Å². The molecule has 0 aliphatic carbocycles. The molecule has 0 atom stereocenters. The van der Waals surface area contributed by atoms with E-state index in [0.29, 0.717) is 0 Å². The molecular weight excluding hydrogens is 164 g/mol. The van der Waals surface area contributed by atoms with Gasteiger partial charge in [-0.2, -0.15) is 9.89 Å². The molecule has 1 fully saturated rings. The Kier molecular flexibility index (Phi) is 2.22. The average Bonchev–Trinajstić information content (AvgIpc) is 2.63. The van der Waals surface area contributed by atoms with Crippen LogP contribution < -0.4 is 5.53 Å². The quantitative estimate of drug-likeness (QED) is 0.738. The highest BCUT2D eigenvalue weighted by atomic mass is 15.8. The first-order chi connectivity index (χ1) is 6.25. The molecule has 0 spiro atoms. The monoisotopic (exact) mass is 180 g/mol. The predicted molar refractivity (Wildman–Crippen MR) is 51.9 cm³/mol. The predicted octanol–water partition coefficient (Wildman–Crippen LogP) is 1.05. The number of aromatic nitrogens is 2. The molecule has 1 aromatic heterocycles. The van der Waals surface area contributed by atoms with Crippen molar-refractivity contribution in [1.29, 1.82) is 0 Å². The summed E-state index contributed by atoms with van der Waals surface area (Å²) in [4.78, 5) is 1.85. The van der Waals surface area contributed by atoms with Crippen LogP contribution in [0.3, 0.4) is 0 Å². The third-order valence-corrected chi connectivity index (χ3v) is 2.35. The second kappa shape index (κ2) is 3.38. The molecule has 2 rings (SSSR count). The van der Waals surface area contributed by atoms with Crippen molar-refractivity contribution in [2.75, 3.05) is 18.6 Å². The van der Waals surface area contributed by atoms with E-state index in [1.165, 1.54) is 12.8 Å². The number of nitrogens with zero attached hydrogens (tertiary/aromatic N) is 3. The molecule has 4 heteroatoms. The number of aryl methyl sites for hydroxylation is 2. The van der Waals surface area contributed by atoms with Gasteiger partial charge < -0.3 is 0 Å². The van der Waals surface area contributed by atoms with E-state index >= 15 is 0 Å². The van der Waals surface area contributed by atoms with Crippen LogP contribution in [0.25, 0.3) is 0 Å². The van der Waals surface area contributed by atoms with E-state index in [1.807, 2.05) is 11.7 Å². The number of hydrazine groups is 1. The van der Waals surface area contributed by atoms with Gasteiger partial charge in [0.25, 0.3) is 0 Å². The molecule has 1 N–H and O–H groups in total. The van der Waals surface area contributed by atoms with E-state index in [-0.39, 0.29) is 0 Å². The highest BCUT2D eigenvalue weighted by molar-refractivity contribution is 5.07. The molecule has 0 bridgehead atoms. The molecule has 0 aromatic carbocycles. The summed E-state index contributed by atoms with van der Waals surface area (Å²) in [5.74, 6) is 0. The molecule has 0 radical (unpaired) electrons. The van der Waals surface area contributed by atoms with Crippen molar-refractivity contribution in [1.82, 2.24) is 14.9 Å². The maximum Gasteiger partial charge on any atom is 0.0618 e. The van der Waals surface area contributed by atoms with Gasteiger partial charge in [0.2, 0.25) is 0 Å². The van der Waals surface area contributed by atoms with Crippen LogP contribution >= 0.6 is 0 Å². The molecule has 1 saturated heterocycles. The first-order valence-corrected chi connectivity index (χ1v) is 4.80. The molecule has 0 unspecified atom stereocenters. The minimum atomic E-state index is 1.06. The Morgan fingerprint density at radius 1 is 1.31 bits per heavy atom. The Morgan fingerprint density at radius 2 is 2.00 bits per heavy atom.